The third-order valence-corrected chi connectivity index (χ3v) is 3.78. The SMILES string of the molecule is Cc1ccc(NC(=O)CC(=O)Nc2ccc(N(C)C)cc2)cc1C. The first-order chi connectivity index (χ1) is 11.3. The topological polar surface area (TPSA) is 61.4 Å². The molecule has 0 aliphatic rings. The summed E-state index contributed by atoms with van der Waals surface area (Å²) in [5.41, 5.74) is 4.67. The Morgan fingerprint density at radius 2 is 1.38 bits per heavy atom. The van der Waals surface area contributed by atoms with E-state index in [1.165, 1.54) is 0 Å². The first-order valence-corrected chi connectivity index (χ1v) is 7.79. The lowest BCUT2D eigenvalue weighted by Gasteiger charge is -2.13. The Balaban J connectivity index is 1.89. The van der Waals surface area contributed by atoms with Gasteiger partial charge in [-0.2, -0.15) is 0 Å². The molecular formula is C19H23N3O2. The van der Waals surface area contributed by atoms with Crippen molar-refractivity contribution in [1.29, 1.82) is 0 Å². The second-order valence-corrected chi connectivity index (χ2v) is 6.01. The lowest BCUT2D eigenvalue weighted by molar-refractivity contribution is -0.123. The molecule has 2 N–H and O–H groups in total. The van der Waals surface area contributed by atoms with E-state index in [1.54, 1.807) is 0 Å². The van der Waals surface area contributed by atoms with E-state index in [9.17, 15) is 9.59 Å². The van der Waals surface area contributed by atoms with Crippen LogP contribution >= 0.6 is 0 Å². The Labute approximate surface area is 142 Å². The van der Waals surface area contributed by atoms with Crippen molar-refractivity contribution in [2.75, 3.05) is 29.6 Å². The summed E-state index contributed by atoms with van der Waals surface area (Å²) in [6.45, 7) is 3.99. The molecule has 0 aromatic heterocycles. The highest BCUT2D eigenvalue weighted by Gasteiger charge is 2.10. The predicted molar refractivity (Wildman–Crippen MR) is 98.6 cm³/mol. The summed E-state index contributed by atoms with van der Waals surface area (Å²) < 4.78 is 0. The monoisotopic (exact) mass is 325 g/mol. The second-order valence-electron chi connectivity index (χ2n) is 6.01. The first-order valence-electron chi connectivity index (χ1n) is 7.79. The van der Waals surface area contributed by atoms with Crippen molar-refractivity contribution in [3.8, 4) is 0 Å². The Hall–Kier alpha value is -2.82. The molecule has 0 aliphatic heterocycles. The molecule has 2 rings (SSSR count). The van der Waals surface area contributed by atoms with Crippen molar-refractivity contribution in [1.82, 2.24) is 0 Å². The summed E-state index contributed by atoms with van der Waals surface area (Å²) in [6, 6.07) is 13.1. The summed E-state index contributed by atoms with van der Waals surface area (Å²) in [5, 5.41) is 5.47. The van der Waals surface area contributed by atoms with Gasteiger partial charge in [0.25, 0.3) is 0 Å². The summed E-state index contributed by atoms with van der Waals surface area (Å²) in [7, 11) is 3.90. The number of carbonyl (C=O) groups is 2. The molecule has 0 heterocycles. The van der Waals surface area contributed by atoms with Crippen LogP contribution in [-0.4, -0.2) is 25.9 Å². The first kappa shape index (κ1) is 17.5. The van der Waals surface area contributed by atoms with Gasteiger partial charge in [-0.25, -0.2) is 0 Å². The van der Waals surface area contributed by atoms with Crippen molar-refractivity contribution in [2.45, 2.75) is 20.3 Å². The van der Waals surface area contributed by atoms with E-state index < -0.39 is 0 Å². The molecule has 0 saturated heterocycles. The fourth-order valence-electron chi connectivity index (χ4n) is 2.22. The Morgan fingerprint density at radius 3 is 1.92 bits per heavy atom. The highest BCUT2D eigenvalue weighted by molar-refractivity contribution is 6.08. The van der Waals surface area contributed by atoms with Crippen LogP contribution in [0.2, 0.25) is 0 Å². The molecule has 0 saturated carbocycles. The van der Waals surface area contributed by atoms with Gasteiger partial charge in [0.2, 0.25) is 11.8 Å². The minimum Gasteiger partial charge on any atom is -0.378 e. The van der Waals surface area contributed by atoms with Crippen LogP contribution in [-0.2, 0) is 9.59 Å². The quantitative estimate of drug-likeness (QED) is 0.829. The number of benzene rings is 2. The maximum absolute atomic E-state index is 12.0. The van der Waals surface area contributed by atoms with Crippen LogP contribution in [0.3, 0.4) is 0 Å². The Kier molecular flexibility index (Phi) is 5.58. The average Bonchev–Trinajstić information content (AvgIpc) is 2.51. The zero-order valence-corrected chi connectivity index (χ0v) is 14.5. The summed E-state index contributed by atoms with van der Waals surface area (Å²) in [5.74, 6) is -0.672. The molecule has 0 spiro atoms. The predicted octanol–water partition coefficient (Wildman–Crippen LogP) is 3.34. The molecule has 126 valence electrons. The fraction of sp³-hybridized carbons (Fsp3) is 0.263. The Morgan fingerprint density at radius 1 is 0.833 bits per heavy atom. The van der Waals surface area contributed by atoms with E-state index in [2.05, 4.69) is 10.6 Å². The van der Waals surface area contributed by atoms with Crippen LogP contribution in [0.15, 0.2) is 42.5 Å². The van der Waals surface area contributed by atoms with Gasteiger partial charge in [-0.1, -0.05) is 6.07 Å². The minimum absolute atomic E-state index is 0.220. The molecule has 0 atom stereocenters. The summed E-state index contributed by atoms with van der Waals surface area (Å²) in [4.78, 5) is 25.9. The number of nitrogens with zero attached hydrogens (tertiary/aromatic N) is 1. The van der Waals surface area contributed by atoms with E-state index in [1.807, 2.05) is 75.3 Å². The van der Waals surface area contributed by atoms with Crippen molar-refractivity contribution >= 4 is 28.9 Å². The number of anilines is 3. The van der Waals surface area contributed by atoms with Gasteiger partial charge >= 0.3 is 0 Å². The van der Waals surface area contributed by atoms with E-state index in [-0.39, 0.29) is 18.2 Å². The number of aryl methyl sites for hydroxylation is 2. The second kappa shape index (κ2) is 7.64. The zero-order chi connectivity index (χ0) is 17.7. The number of carbonyl (C=O) groups excluding carboxylic acids is 2. The molecule has 0 radical (unpaired) electrons. The molecule has 2 aromatic rings. The van der Waals surface area contributed by atoms with Crippen LogP contribution < -0.4 is 15.5 Å². The van der Waals surface area contributed by atoms with E-state index in [0.717, 1.165) is 16.8 Å². The van der Waals surface area contributed by atoms with E-state index in [0.29, 0.717) is 11.4 Å². The number of amides is 2. The minimum atomic E-state index is -0.339. The van der Waals surface area contributed by atoms with Gasteiger partial charge in [0.15, 0.2) is 0 Å². The molecule has 0 unspecified atom stereocenters. The lowest BCUT2D eigenvalue weighted by atomic mass is 10.1. The highest BCUT2D eigenvalue weighted by Crippen LogP contribution is 2.16. The maximum Gasteiger partial charge on any atom is 0.233 e. The molecule has 5 nitrogen and oxygen atoms in total. The van der Waals surface area contributed by atoms with Crippen LogP contribution in [0.4, 0.5) is 17.1 Å². The molecule has 24 heavy (non-hydrogen) atoms. The third-order valence-electron chi connectivity index (χ3n) is 3.78. The lowest BCUT2D eigenvalue weighted by Crippen LogP contribution is -2.21. The van der Waals surface area contributed by atoms with Gasteiger partial charge in [0.05, 0.1) is 0 Å². The van der Waals surface area contributed by atoms with Crippen LogP contribution in [0.25, 0.3) is 0 Å². The van der Waals surface area contributed by atoms with Gasteiger partial charge in [-0.05, 0) is 61.4 Å². The van der Waals surface area contributed by atoms with Gasteiger partial charge in [-0.15, -0.1) is 0 Å². The molecular weight excluding hydrogens is 302 g/mol. The van der Waals surface area contributed by atoms with Gasteiger partial charge < -0.3 is 15.5 Å². The van der Waals surface area contributed by atoms with Crippen LogP contribution in [0.1, 0.15) is 17.5 Å². The number of hydrogen-bond acceptors (Lipinski definition) is 3. The maximum atomic E-state index is 12.0. The normalized spacial score (nSPS) is 10.2. The standard InChI is InChI=1S/C19H23N3O2/c1-13-5-6-16(11-14(13)2)21-19(24)12-18(23)20-15-7-9-17(10-8-15)22(3)4/h5-11H,12H2,1-4H3,(H,20,23)(H,21,24). The fourth-order valence-corrected chi connectivity index (χ4v) is 2.22. The zero-order valence-electron chi connectivity index (χ0n) is 14.5. The molecule has 2 aromatic carbocycles. The average molecular weight is 325 g/mol. The smallest absolute Gasteiger partial charge is 0.233 e. The van der Waals surface area contributed by atoms with Crippen LogP contribution in [0, 0.1) is 13.8 Å². The van der Waals surface area contributed by atoms with E-state index in [4.69, 9.17) is 0 Å². The molecule has 0 fully saturated rings. The van der Waals surface area contributed by atoms with Crippen molar-refractivity contribution in [2.24, 2.45) is 0 Å². The largest absolute Gasteiger partial charge is 0.378 e. The van der Waals surface area contributed by atoms with Crippen LogP contribution in [0.5, 0.6) is 0 Å². The van der Waals surface area contributed by atoms with Crippen molar-refractivity contribution < 1.29 is 9.59 Å². The van der Waals surface area contributed by atoms with Gasteiger partial charge in [0.1, 0.15) is 6.42 Å². The molecule has 0 bridgehead atoms. The Bertz CT molecular complexity index is 737. The summed E-state index contributed by atoms with van der Waals surface area (Å²) in [6.07, 6.45) is -0.220. The van der Waals surface area contributed by atoms with Crippen molar-refractivity contribution in [3.63, 3.8) is 0 Å². The third kappa shape index (κ3) is 4.84. The molecule has 2 amide bonds. The number of nitrogens with one attached hydrogen (secondary N) is 2. The van der Waals surface area contributed by atoms with Gasteiger partial charge in [0, 0.05) is 31.2 Å². The highest BCUT2D eigenvalue weighted by atomic mass is 16.2. The number of rotatable bonds is 5. The summed E-state index contributed by atoms with van der Waals surface area (Å²) >= 11 is 0. The van der Waals surface area contributed by atoms with Crippen molar-refractivity contribution in [3.05, 3.63) is 53.6 Å². The molecule has 0 aliphatic carbocycles. The number of hydrogen-bond donors (Lipinski definition) is 2. The van der Waals surface area contributed by atoms with Gasteiger partial charge in [-0.3, -0.25) is 9.59 Å². The van der Waals surface area contributed by atoms with E-state index >= 15 is 0 Å². The molecule has 5 heteroatoms.